The highest BCUT2D eigenvalue weighted by Crippen LogP contribution is 2.20. The maximum absolute atomic E-state index is 12.0. The van der Waals surface area contributed by atoms with Gasteiger partial charge in [0.1, 0.15) is 12.4 Å². The molecule has 1 aliphatic rings. The van der Waals surface area contributed by atoms with Gasteiger partial charge in [0.25, 0.3) is 0 Å². The lowest BCUT2D eigenvalue weighted by Crippen LogP contribution is -2.20. The van der Waals surface area contributed by atoms with Gasteiger partial charge < -0.3 is 9.47 Å². The molecule has 1 aromatic rings. The minimum absolute atomic E-state index is 0.0496. The molecular weight excluding hydrogens is 240 g/mol. The zero-order valence-electron chi connectivity index (χ0n) is 11.6. The van der Waals surface area contributed by atoms with E-state index in [1.807, 2.05) is 19.1 Å². The largest absolute Gasteiger partial charge is 0.494 e. The van der Waals surface area contributed by atoms with E-state index in [1.165, 1.54) is 19.3 Å². The summed E-state index contributed by atoms with van der Waals surface area (Å²) >= 11 is 0. The van der Waals surface area contributed by atoms with E-state index in [4.69, 9.17) is 9.47 Å². The monoisotopic (exact) mass is 262 g/mol. The molecule has 0 radical (unpaired) electrons. The van der Waals surface area contributed by atoms with Crippen LogP contribution in [0.5, 0.6) is 5.75 Å². The van der Waals surface area contributed by atoms with Crippen molar-refractivity contribution in [1.82, 2.24) is 0 Å². The topological polar surface area (TPSA) is 35.5 Å². The third-order valence-electron chi connectivity index (χ3n) is 3.49. The summed E-state index contributed by atoms with van der Waals surface area (Å²) in [6.45, 7) is 2.77. The molecule has 0 aromatic heterocycles. The maximum atomic E-state index is 12.0. The van der Waals surface area contributed by atoms with Gasteiger partial charge in [0.2, 0.25) is 0 Å². The molecule has 104 valence electrons. The summed E-state index contributed by atoms with van der Waals surface area (Å²) in [6, 6.07) is 7.27. The first-order valence-corrected chi connectivity index (χ1v) is 7.17. The smallest absolute Gasteiger partial charge is 0.188 e. The van der Waals surface area contributed by atoms with Gasteiger partial charge in [0, 0.05) is 5.56 Å². The summed E-state index contributed by atoms with van der Waals surface area (Å²) < 4.78 is 11.0. The lowest BCUT2D eigenvalue weighted by molar-refractivity contribution is 0.0284. The SMILES string of the molecule is CCOc1ccc(C(=O)COC2CCCCC2)cc1. The molecule has 3 heteroatoms. The van der Waals surface area contributed by atoms with Gasteiger partial charge in [-0.1, -0.05) is 19.3 Å². The Kier molecular flexibility index (Phi) is 5.40. The van der Waals surface area contributed by atoms with Crippen molar-refractivity contribution in [3.05, 3.63) is 29.8 Å². The van der Waals surface area contributed by atoms with Crippen LogP contribution in [0.15, 0.2) is 24.3 Å². The first kappa shape index (κ1) is 14.1. The highest BCUT2D eigenvalue weighted by molar-refractivity contribution is 5.97. The standard InChI is InChI=1S/C16H22O3/c1-2-18-15-10-8-13(9-11-15)16(17)12-19-14-6-4-3-5-7-14/h8-11,14H,2-7,12H2,1H3. The molecule has 1 saturated carbocycles. The van der Waals surface area contributed by atoms with Crippen molar-refractivity contribution in [2.24, 2.45) is 0 Å². The van der Waals surface area contributed by atoms with E-state index in [0.717, 1.165) is 18.6 Å². The van der Waals surface area contributed by atoms with E-state index in [0.29, 0.717) is 12.2 Å². The summed E-state index contributed by atoms with van der Waals surface area (Å²) in [4.78, 5) is 12.0. The molecule has 0 amide bonds. The summed E-state index contributed by atoms with van der Waals surface area (Å²) in [5.74, 6) is 0.848. The minimum Gasteiger partial charge on any atom is -0.494 e. The molecule has 1 fully saturated rings. The van der Waals surface area contributed by atoms with Crippen molar-refractivity contribution in [3.8, 4) is 5.75 Å². The fourth-order valence-corrected chi connectivity index (χ4v) is 2.41. The number of carbonyl (C=O) groups is 1. The Morgan fingerprint density at radius 3 is 2.47 bits per heavy atom. The molecule has 3 nitrogen and oxygen atoms in total. The minimum atomic E-state index is 0.0496. The van der Waals surface area contributed by atoms with Gasteiger partial charge in [0.05, 0.1) is 12.7 Å². The van der Waals surface area contributed by atoms with Crippen LogP contribution in [0, 0.1) is 0 Å². The third-order valence-corrected chi connectivity index (χ3v) is 3.49. The highest BCUT2D eigenvalue weighted by atomic mass is 16.5. The van der Waals surface area contributed by atoms with Gasteiger partial charge in [-0.3, -0.25) is 4.79 Å². The number of rotatable bonds is 6. The van der Waals surface area contributed by atoms with Crippen LogP contribution in [-0.4, -0.2) is 25.1 Å². The quantitative estimate of drug-likeness (QED) is 0.735. The lowest BCUT2D eigenvalue weighted by Gasteiger charge is -2.21. The Morgan fingerprint density at radius 2 is 1.84 bits per heavy atom. The predicted molar refractivity (Wildman–Crippen MR) is 74.8 cm³/mol. The highest BCUT2D eigenvalue weighted by Gasteiger charge is 2.15. The Bertz CT molecular complexity index is 391. The number of Topliss-reactive ketones (excluding diaryl/α,β-unsaturated/α-hetero) is 1. The van der Waals surface area contributed by atoms with E-state index in [2.05, 4.69) is 0 Å². The first-order valence-electron chi connectivity index (χ1n) is 7.17. The van der Waals surface area contributed by atoms with Crippen molar-refractivity contribution in [2.45, 2.75) is 45.1 Å². The van der Waals surface area contributed by atoms with E-state index in [1.54, 1.807) is 12.1 Å². The van der Waals surface area contributed by atoms with Crippen LogP contribution < -0.4 is 4.74 Å². The van der Waals surface area contributed by atoms with Gasteiger partial charge in [-0.05, 0) is 44.0 Å². The van der Waals surface area contributed by atoms with E-state index < -0.39 is 0 Å². The molecule has 0 atom stereocenters. The predicted octanol–water partition coefficient (Wildman–Crippen LogP) is 3.62. The molecule has 1 aromatic carbocycles. The summed E-state index contributed by atoms with van der Waals surface area (Å²) in [5, 5.41) is 0. The molecule has 0 bridgehead atoms. The molecule has 19 heavy (non-hydrogen) atoms. The maximum Gasteiger partial charge on any atom is 0.188 e. The van der Waals surface area contributed by atoms with Crippen LogP contribution in [0.3, 0.4) is 0 Å². The average molecular weight is 262 g/mol. The van der Waals surface area contributed by atoms with Crippen molar-refractivity contribution in [1.29, 1.82) is 0 Å². The Hall–Kier alpha value is -1.35. The Labute approximate surface area is 114 Å². The molecular formula is C16H22O3. The number of benzene rings is 1. The zero-order chi connectivity index (χ0) is 13.5. The second kappa shape index (κ2) is 7.29. The molecule has 1 aliphatic carbocycles. The second-order valence-corrected chi connectivity index (χ2v) is 4.95. The van der Waals surface area contributed by atoms with Gasteiger partial charge in [-0.25, -0.2) is 0 Å². The zero-order valence-corrected chi connectivity index (χ0v) is 11.6. The number of hydrogen-bond acceptors (Lipinski definition) is 3. The Morgan fingerprint density at radius 1 is 1.16 bits per heavy atom. The van der Waals surface area contributed by atoms with Crippen LogP contribution in [0.1, 0.15) is 49.4 Å². The van der Waals surface area contributed by atoms with E-state index >= 15 is 0 Å². The van der Waals surface area contributed by atoms with Gasteiger partial charge in [-0.2, -0.15) is 0 Å². The molecule has 0 saturated heterocycles. The summed E-state index contributed by atoms with van der Waals surface area (Å²) in [7, 11) is 0. The summed E-state index contributed by atoms with van der Waals surface area (Å²) in [5.41, 5.74) is 0.694. The van der Waals surface area contributed by atoms with Crippen LogP contribution in [0.2, 0.25) is 0 Å². The van der Waals surface area contributed by atoms with Crippen molar-refractivity contribution < 1.29 is 14.3 Å². The van der Waals surface area contributed by atoms with E-state index in [9.17, 15) is 4.79 Å². The molecule has 0 N–H and O–H groups in total. The van der Waals surface area contributed by atoms with Crippen LogP contribution in [0.25, 0.3) is 0 Å². The molecule has 0 unspecified atom stereocenters. The second-order valence-electron chi connectivity index (χ2n) is 4.95. The summed E-state index contributed by atoms with van der Waals surface area (Å²) in [6.07, 6.45) is 6.21. The Balaban J connectivity index is 1.81. The molecule has 2 rings (SSSR count). The van der Waals surface area contributed by atoms with Crippen molar-refractivity contribution in [3.63, 3.8) is 0 Å². The third kappa shape index (κ3) is 4.35. The normalized spacial score (nSPS) is 16.3. The van der Waals surface area contributed by atoms with Crippen molar-refractivity contribution >= 4 is 5.78 Å². The fraction of sp³-hybridized carbons (Fsp3) is 0.562. The van der Waals surface area contributed by atoms with Gasteiger partial charge in [-0.15, -0.1) is 0 Å². The van der Waals surface area contributed by atoms with Crippen LogP contribution >= 0.6 is 0 Å². The molecule has 0 spiro atoms. The molecule has 0 heterocycles. The van der Waals surface area contributed by atoms with Gasteiger partial charge >= 0.3 is 0 Å². The number of ether oxygens (including phenoxy) is 2. The first-order chi connectivity index (χ1) is 9.29. The average Bonchev–Trinajstić information content (AvgIpc) is 2.47. The van der Waals surface area contributed by atoms with Crippen LogP contribution in [0.4, 0.5) is 0 Å². The molecule has 0 aliphatic heterocycles. The number of carbonyl (C=O) groups excluding carboxylic acids is 1. The van der Waals surface area contributed by atoms with E-state index in [-0.39, 0.29) is 18.5 Å². The number of ketones is 1. The van der Waals surface area contributed by atoms with Crippen molar-refractivity contribution in [2.75, 3.05) is 13.2 Å². The van der Waals surface area contributed by atoms with Gasteiger partial charge in [0.15, 0.2) is 5.78 Å². The number of hydrogen-bond donors (Lipinski definition) is 0. The van der Waals surface area contributed by atoms with Crippen LogP contribution in [-0.2, 0) is 4.74 Å². The lowest BCUT2D eigenvalue weighted by atomic mass is 9.98. The fourth-order valence-electron chi connectivity index (χ4n) is 2.41.